The average Bonchev–Trinajstić information content (AvgIpc) is 2.81. The number of benzene rings is 3. The van der Waals surface area contributed by atoms with Crippen LogP contribution in [0, 0.1) is 11.6 Å². The van der Waals surface area contributed by atoms with Crippen molar-refractivity contribution >= 4 is 17.7 Å². The zero-order valence-corrected chi connectivity index (χ0v) is 17.3. The Kier molecular flexibility index (Phi) is 7.44. The molecule has 1 atom stereocenters. The highest BCUT2D eigenvalue weighted by Gasteiger charge is 2.22. The Bertz CT molecular complexity index is 1110. The third-order valence-electron chi connectivity index (χ3n) is 4.86. The SMILES string of the molecule is COC(=O)[C@@H](Cc1ccc(C(=O)c2ccccc2)cc1)NC(=O)Cc1ccc(F)c(F)c1. The van der Waals surface area contributed by atoms with Crippen LogP contribution in [-0.2, 0) is 27.2 Å². The molecule has 0 spiro atoms. The number of ether oxygens (including phenoxy) is 1. The predicted octanol–water partition coefficient (Wildman–Crippen LogP) is 3.64. The third kappa shape index (κ3) is 5.85. The largest absolute Gasteiger partial charge is 0.467 e. The standard InChI is InChI=1S/C25H21F2NO4/c1-32-25(31)22(28-23(29)15-17-9-12-20(26)21(27)13-17)14-16-7-10-19(11-8-16)24(30)18-5-3-2-4-6-18/h2-13,22H,14-15H2,1H3,(H,28,29)/t22-/m1/s1. The number of halogens is 2. The monoisotopic (exact) mass is 437 g/mol. The number of methoxy groups -OCH3 is 1. The molecule has 0 bridgehead atoms. The van der Waals surface area contributed by atoms with Crippen LogP contribution in [-0.4, -0.2) is 30.8 Å². The number of hydrogen-bond acceptors (Lipinski definition) is 4. The van der Waals surface area contributed by atoms with Crippen molar-refractivity contribution in [1.29, 1.82) is 0 Å². The van der Waals surface area contributed by atoms with Crippen molar-refractivity contribution in [3.63, 3.8) is 0 Å². The molecule has 0 aliphatic heterocycles. The Labute approximate surface area is 184 Å². The summed E-state index contributed by atoms with van der Waals surface area (Å²) in [7, 11) is 1.21. The molecule has 0 saturated carbocycles. The molecular formula is C25H21F2NO4. The van der Waals surface area contributed by atoms with Gasteiger partial charge in [-0.15, -0.1) is 0 Å². The topological polar surface area (TPSA) is 72.5 Å². The number of amides is 1. The molecule has 1 N–H and O–H groups in total. The van der Waals surface area contributed by atoms with Crippen LogP contribution in [0.1, 0.15) is 27.0 Å². The lowest BCUT2D eigenvalue weighted by atomic mass is 9.99. The van der Waals surface area contributed by atoms with E-state index in [-0.39, 0.29) is 24.2 Å². The Hall–Kier alpha value is -3.87. The molecule has 164 valence electrons. The number of carbonyl (C=O) groups is 3. The highest BCUT2D eigenvalue weighted by Crippen LogP contribution is 2.13. The van der Waals surface area contributed by atoms with Crippen LogP contribution >= 0.6 is 0 Å². The second-order valence-corrected chi connectivity index (χ2v) is 7.16. The third-order valence-corrected chi connectivity index (χ3v) is 4.86. The molecule has 1 amide bonds. The minimum absolute atomic E-state index is 0.124. The van der Waals surface area contributed by atoms with E-state index in [4.69, 9.17) is 4.74 Å². The molecule has 7 heteroatoms. The van der Waals surface area contributed by atoms with Gasteiger partial charge in [-0.3, -0.25) is 9.59 Å². The summed E-state index contributed by atoms with van der Waals surface area (Å²) in [5.74, 6) is -3.36. The Morgan fingerprint density at radius 1 is 0.844 bits per heavy atom. The lowest BCUT2D eigenvalue weighted by Gasteiger charge is -2.17. The van der Waals surface area contributed by atoms with E-state index in [0.717, 1.165) is 12.1 Å². The highest BCUT2D eigenvalue weighted by molar-refractivity contribution is 6.08. The van der Waals surface area contributed by atoms with Gasteiger partial charge < -0.3 is 10.1 Å². The normalized spacial score (nSPS) is 11.5. The molecule has 3 aromatic rings. The van der Waals surface area contributed by atoms with Gasteiger partial charge in [0.2, 0.25) is 5.91 Å². The number of carbonyl (C=O) groups excluding carboxylic acids is 3. The van der Waals surface area contributed by atoms with E-state index in [0.29, 0.717) is 16.7 Å². The first-order valence-electron chi connectivity index (χ1n) is 9.87. The summed E-state index contributed by atoms with van der Waals surface area (Å²) < 4.78 is 31.2. The summed E-state index contributed by atoms with van der Waals surface area (Å²) in [5.41, 5.74) is 2.04. The fraction of sp³-hybridized carbons (Fsp3) is 0.160. The second-order valence-electron chi connectivity index (χ2n) is 7.16. The zero-order valence-electron chi connectivity index (χ0n) is 17.3. The van der Waals surface area contributed by atoms with E-state index in [9.17, 15) is 23.2 Å². The van der Waals surface area contributed by atoms with Gasteiger partial charge in [0.15, 0.2) is 17.4 Å². The van der Waals surface area contributed by atoms with E-state index in [1.807, 2.05) is 6.07 Å². The molecule has 0 aliphatic carbocycles. The van der Waals surface area contributed by atoms with Gasteiger partial charge in [0.25, 0.3) is 0 Å². The summed E-state index contributed by atoms with van der Waals surface area (Å²) in [6, 6.07) is 17.8. The number of ketones is 1. The van der Waals surface area contributed by atoms with Crippen LogP contribution in [0.25, 0.3) is 0 Å². The maximum absolute atomic E-state index is 13.4. The van der Waals surface area contributed by atoms with Gasteiger partial charge >= 0.3 is 5.97 Å². The molecule has 0 radical (unpaired) electrons. The predicted molar refractivity (Wildman–Crippen MR) is 114 cm³/mol. The van der Waals surface area contributed by atoms with Crippen LogP contribution < -0.4 is 5.32 Å². The van der Waals surface area contributed by atoms with E-state index in [1.54, 1.807) is 48.5 Å². The lowest BCUT2D eigenvalue weighted by Crippen LogP contribution is -2.43. The average molecular weight is 437 g/mol. The Morgan fingerprint density at radius 3 is 2.09 bits per heavy atom. The van der Waals surface area contributed by atoms with Crippen molar-refractivity contribution in [2.75, 3.05) is 7.11 Å². The molecule has 0 aromatic heterocycles. The molecule has 0 aliphatic rings. The van der Waals surface area contributed by atoms with Gasteiger partial charge in [0.1, 0.15) is 6.04 Å². The summed E-state index contributed by atoms with van der Waals surface area (Å²) in [6.07, 6.45) is -0.0921. The minimum atomic E-state index is -1.05. The van der Waals surface area contributed by atoms with Crippen LogP contribution in [0.4, 0.5) is 8.78 Å². The van der Waals surface area contributed by atoms with Crippen molar-refractivity contribution < 1.29 is 27.9 Å². The molecule has 0 unspecified atom stereocenters. The molecule has 32 heavy (non-hydrogen) atoms. The van der Waals surface area contributed by atoms with Crippen molar-refractivity contribution in [3.8, 4) is 0 Å². The van der Waals surface area contributed by atoms with E-state index >= 15 is 0 Å². The maximum atomic E-state index is 13.4. The molecule has 0 heterocycles. The molecule has 3 aromatic carbocycles. The van der Waals surface area contributed by atoms with Gasteiger partial charge in [-0.2, -0.15) is 0 Å². The quantitative estimate of drug-likeness (QED) is 0.432. The second kappa shape index (κ2) is 10.4. The highest BCUT2D eigenvalue weighted by atomic mass is 19.2. The smallest absolute Gasteiger partial charge is 0.328 e. The summed E-state index contributed by atoms with van der Waals surface area (Å²) >= 11 is 0. The first-order valence-corrected chi connectivity index (χ1v) is 9.87. The number of nitrogens with one attached hydrogen (secondary N) is 1. The van der Waals surface area contributed by atoms with Crippen LogP contribution in [0.5, 0.6) is 0 Å². The van der Waals surface area contributed by atoms with Crippen LogP contribution in [0.3, 0.4) is 0 Å². The summed E-state index contributed by atoms with van der Waals surface area (Å²) in [6.45, 7) is 0. The number of hydrogen-bond donors (Lipinski definition) is 1. The van der Waals surface area contributed by atoms with Crippen LogP contribution in [0.2, 0.25) is 0 Å². The van der Waals surface area contributed by atoms with Gasteiger partial charge in [0.05, 0.1) is 13.5 Å². The molecule has 5 nitrogen and oxygen atoms in total. The lowest BCUT2D eigenvalue weighted by molar-refractivity contribution is -0.145. The first-order chi connectivity index (χ1) is 15.4. The van der Waals surface area contributed by atoms with Gasteiger partial charge in [0, 0.05) is 17.5 Å². The van der Waals surface area contributed by atoms with E-state index < -0.39 is 29.6 Å². The summed E-state index contributed by atoms with van der Waals surface area (Å²) in [4.78, 5) is 37.0. The number of rotatable bonds is 8. The van der Waals surface area contributed by atoms with E-state index in [2.05, 4.69) is 5.32 Å². The fourth-order valence-electron chi connectivity index (χ4n) is 3.20. The van der Waals surface area contributed by atoms with Crippen LogP contribution in [0.15, 0.2) is 72.8 Å². The molecule has 0 saturated heterocycles. The van der Waals surface area contributed by atoms with Gasteiger partial charge in [-0.1, -0.05) is 60.7 Å². The van der Waals surface area contributed by atoms with Gasteiger partial charge in [-0.25, -0.2) is 13.6 Å². The zero-order chi connectivity index (χ0) is 23.1. The first kappa shape index (κ1) is 22.8. The molecule has 3 rings (SSSR count). The van der Waals surface area contributed by atoms with Crippen molar-refractivity contribution in [3.05, 3.63) is 107 Å². The molecular weight excluding hydrogens is 416 g/mol. The Morgan fingerprint density at radius 2 is 1.47 bits per heavy atom. The van der Waals surface area contributed by atoms with Gasteiger partial charge in [-0.05, 0) is 23.3 Å². The van der Waals surface area contributed by atoms with Crippen molar-refractivity contribution in [2.45, 2.75) is 18.9 Å². The van der Waals surface area contributed by atoms with E-state index in [1.165, 1.54) is 13.2 Å². The van der Waals surface area contributed by atoms with Crippen molar-refractivity contribution in [2.24, 2.45) is 0 Å². The summed E-state index contributed by atoms with van der Waals surface area (Å²) in [5, 5.41) is 2.57. The van der Waals surface area contributed by atoms with Crippen molar-refractivity contribution in [1.82, 2.24) is 5.32 Å². The Balaban J connectivity index is 1.67. The molecule has 0 fully saturated rings. The maximum Gasteiger partial charge on any atom is 0.328 e. The minimum Gasteiger partial charge on any atom is -0.467 e. The number of esters is 1. The fourth-order valence-corrected chi connectivity index (χ4v) is 3.20.